The number of rotatable bonds is 4. The van der Waals surface area contributed by atoms with Gasteiger partial charge in [0.25, 0.3) is 0 Å². The molecule has 0 unspecified atom stereocenters. The van der Waals surface area contributed by atoms with Crippen LogP contribution in [0.4, 0.5) is 5.82 Å². The van der Waals surface area contributed by atoms with Crippen LogP contribution in [-0.2, 0) is 0 Å². The van der Waals surface area contributed by atoms with Crippen molar-refractivity contribution in [1.82, 2.24) is 15.1 Å². The molecule has 1 aliphatic heterocycles. The van der Waals surface area contributed by atoms with Gasteiger partial charge >= 0.3 is 0 Å². The molecule has 0 atom stereocenters. The van der Waals surface area contributed by atoms with Crippen LogP contribution in [0.1, 0.15) is 43.0 Å². The number of nitrogens with zero attached hydrogens (tertiary/aromatic N) is 4. The van der Waals surface area contributed by atoms with Crippen molar-refractivity contribution in [3.8, 4) is 6.07 Å². The number of nitrogens with one attached hydrogen (secondary N) is 1. The molecule has 0 aromatic carbocycles. The summed E-state index contributed by atoms with van der Waals surface area (Å²) in [5.41, 5.74) is 2.38. The zero-order valence-electron chi connectivity index (χ0n) is 12.6. The van der Waals surface area contributed by atoms with Crippen molar-refractivity contribution in [1.29, 1.82) is 5.26 Å². The molecule has 1 fully saturated rings. The van der Waals surface area contributed by atoms with E-state index in [0.717, 1.165) is 37.2 Å². The van der Waals surface area contributed by atoms with Crippen molar-refractivity contribution in [3.63, 3.8) is 0 Å². The number of likely N-dealkylation sites (tertiary alicyclic amines) is 1. The fourth-order valence-electron chi connectivity index (χ4n) is 2.66. The van der Waals surface area contributed by atoms with Gasteiger partial charge in [0.15, 0.2) is 5.82 Å². The lowest BCUT2D eigenvalue weighted by atomic mass is 10.0. The molecule has 0 bridgehead atoms. The molecular formula is C15H23N5. The van der Waals surface area contributed by atoms with Crippen LogP contribution >= 0.6 is 0 Å². The first-order valence-electron chi connectivity index (χ1n) is 7.38. The SMILES string of the molecule is CCCN1CCC(Nc2nnc(C)c(C)c2C#N)CC1. The molecule has 1 N–H and O–H groups in total. The molecule has 20 heavy (non-hydrogen) atoms. The summed E-state index contributed by atoms with van der Waals surface area (Å²) in [6, 6.07) is 2.64. The van der Waals surface area contributed by atoms with Crippen LogP contribution in [0.25, 0.3) is 0 Å². The number of piperidine rings is 1. The number of nitriles is 1. The molecule has 1 saturated heterocycles. The lowest BCUT2D eigenvalue weighted by molar-refractivity contribution is 0.219. The summed E-state index contributed by atoms with van der Waals surface area (Å²) < 4.78 is 0. The van der Waals surface area contributed by atoms with Crippen molar-refractivity contribution < 1.29 is 0 Å². The topological polar surface area (TPSA) is 64.8 Å². The van der Waals surface area contributed by atoms with Gasteiger partial charge in [-0.2, -0.15) is 10.4 Å². The molecule has 2 heterocycles. The molecule has 2 rings (SSSR count). The Labute approximate surface area is 121 Å². The quantitative estimate of drug-likeness (QED) is 0.911. The van der Waals surface area contributed by atoms with E-state index in [2.05, 4.69) is 33.4 Å². The van der Waals surface area contributed by atoms with E-state index >= 15 is 0 Å². The third kappa shape index (κ3) is 3.26. The van der Waals surface area contributed by atoms with Gasteiger partial charge < -0.3 is 10.2 Å². The maximum Gasteiger partial charge on any atom is 0.167 e. The second-order valence-corrected chi connectivity index (χ2v) is 5.51. The number of anilines is 1. The number of aromatic nitrogens is 2. The first kappa shape index (κ1) is 14.7. The van der Waals surface area contributed by atoms with E-state index in [-0.39, 0.29) is 0 Å². The second-order valence-electron chi connectivity index (χ2n) is 5.51. The van der Waals surface area contributed by atoms with Crippen molar-refractivity contribution in [3.05, 3.63) is 16.8 Å². The van der Waals surface area contributed by atoms with E-state index in [4.69, 9.17) is 0 Å². The Morgan fingerprint density at radius 2 is 2.00 bits per heavy atom. The van der Waals surface area contributed by atoms with Crippen LogP contribution in [0.2, 0.25) is 0 Å². The molecule has 0 aliphatic carbocycles. The van der Waals surface area contributed by atoms with Crippen LogP contribution in [0.5, 0.6) is 0 Å². The Hall–Kier alpha value is -1.67. The summed E-state index contributed by atoms with van der Waals surface area (Å²) in [5.74, 6) is 0.643. The summed E-state index contributed by atoms with van der Waals surface area (Å²) in [5, 5.41) is 21.0. The maximum atomic E-state index is 9.30. The molecule has 0 amide bonds. The summed E-state index contributed by atoms with van der Waals surface area (Å²) >= 11 is 0. The lowest BCUT2D eigenvalue weighted by Crippen LogP contribution is -2.39. The van der Waals surface area contributed by atoms with Gasteiger partial charge in [0.2, 0.25) is 0 Å². The predicted molar refractivity (Wildman–Crippen MR) is 79.6 cm³/mol. The average molecular weight is 273 g/mol. The normalized spacial score (nSPS) is 16.9. The van der Waals surface area contributed by atoms with Crippen molar-refractivity contribution in [2.75, 3.05) is 25.0 Å². The minimum atomic E-state index is 0.395. The molecule has 1 aliphatic rings. The Morgan fingerprint density at radius 3 is 2.60 bits per heavy atom. The largest absolute Gasteiger partial charge is 0.365 e. The Bertz CT molecular complexity index is 498. The first-order chi connectivity index (χ1) is 9.65. The van der Waals surface area contributed by atoms with Gasteiger partial charge in [-0.25, -0.2) is 0 Å². The third-order valence-electron chi connectivity index (χ3n) is 4.03. The highest BCUT2D eigenvalue weighted by Gasteiger charge is 2.20. The summed E-state index contributed by atoms with van der Waals surface area (Å²) in [7, 11) is 0. The summed E-state index contributed by atoms with van der Waals surface area (Å²) in [6.07, 6.45) is 3.40. The van der Waals surface area contributed by atoms with Gasteiger partial charge in [-0.1, -0.05) is 6.92 Å². The first-order valence-corrected chi connectivity index (χ1v) is 7.38. The molecule has 5 heteroatoms. The minimum Gasteiger partial charge on any atom is -0.365 e. The summed E-state index contributed by atoms with van der Waals surface area (Å²) in [6.45, 7) is 9.44. The predicted octanol–water partition coefficient (Wildman–Crippen LogP) is 2.25. The zero-order chi connectivity index (χ0) is 14.5. The lowest BCUT2D eigenvalue weighted by Gasteiger charge is -2.32. The minimum absolute atomic E-state index is 0.395. The van der Waals surface area contributed by atoms with Crippen molar-refractivity contribution >= 4 is 5.82 Å². The molecular weight excluding hydrogens is 250 g/mol. The van der Waals surface area contributed by atoms with Gasteiger partial charge in [0, 0.05) is 19.1 Å². The van der Waals surface area contributed by atoms with Crippen molar-refractivity contribution in [2.24, 2.45) is 0 Å². The van der Waals surface area contributed by atoms with E-state index in [9.17, 15) is 5.26 Å². The highest BCUT2D eigenvalue weighted by atomic mass is 15.2. The Kier molecular flexibility index (Phi) is 4.91. The van der Waals surface area contributed by atoms with Crippen molar-refractivity contribution in [2.45, 2.75) is 46.1 Å². The average Bonchev–Trinajstić information content (AvgIpc) is 2.46. The van der Waals surface area contributed by atoms with Crippen LogP contribution in [0, 0.1) is 25.2 Å². The van der Waals surface area contributed by atoms with Crippen LogP contribution in [0.3, 0.4) is 0 Å². The van der Waals surface area contributed by atoms with E-state index in [1.165, 1.54) is 13.0 Å². The molecule has 0 saturated carbocycles. The van der Waals surface area contributed by atoms with E-state index in [1.807, 2.05) is 13.8 Å². The fourth-order valence-corrected chi connectivity index (χ4v) is 2.66. The molecule has 5 nitrogen and oxygen atoms in total. The van der Waals surface area contributed by atoms with Gasteiger partial charge in [-0.15, -0.1) is 5.10 Å². The highest BCUT2D eigenvalue weighted by Crippen LogP contribution is 2.21. The van der Waals surface area contributed by atoms with Crippen LogP contribution < -0.4 is 5.32 Å². The Morgan fingerprint density at radius 1 is 1.30 bits per heavy atom. The summed E-state index contributed by atoms with van der Waals surface area (Å²) in [4.78, 5) is 2.50. The van der Waals surface area contributed by atoms with Gasteiger partial charge in [-0.3, -0.25) is 0 Å². The monoisotopic (exact) mass is 273 g/mol. The van der Waals surface area contributed by atoms with E-state index in [1.54, 1.807) is 0 Å². The van der Waals surface area contributed by atoms with Crippen LogP contribution in [-0.4, -0.2) is 40.8 Å². The smallest absolute Gasteiger partial charge is 0.167 e. The maximum absolute atomic E-state index is 9.30. The second kappa shape index (κ2) is 6.67. The standard InChI is InChI=1S/C15H23N5/c1-4-7-20-8-5-13(6-9-20)17-15-14(10-16)11(2)12(3)18-19-15/h13H,4-9H2,1-3H3,(H,17,19). The third-order valence-corrected chi connectivity index (χ3v) is 4.03. The molecule has 1 aromatic heterocycles. The van der Waals surface area contributed by atoms with Gasteiger partial charge in [-0.05, 0) is 45.2 Å². The Balaban J connectivity index is 2.02. The van der Waals surface area contributed by atoms with Gasteiger partial charge in [0.1, 0.15) is 11.6 Å². The number of aryl methyl sites for hydroxylation is 1. The van der Waals surface area contributed by atoms with E-state index in [0.29, 0.717) is 17.4 Å². The fraction of sp³-hybridized carbons (Fsp3) is 0.667. The molecule has 0 radical (unpaired) electrons. The molecule has 1 aromatic rings. The molecule has 108 valence electrons. The van der Waals surface area contributed by atoms with E-state index < -0.39 is 0 Å². The van der Waals surface area contributed by atoms with Crippen LogP contribution in [0.15, 0.2) is 0 Å². The van der Waals surface area contributed by atoms with Gasteiger partial charge in [0.05, 0.1) is 5.69 Å². The highest BCUT2D eigenvalue weighted by molar-refractivity contribution is 5.56. The zero-order valence-corrected chi connectivity index (χ0v) is 12.6. The molecule has 0 spiro atoms. The number of hydrogen-bond acceptors (Lipinski definition) is 5. The number of hydrogen-bond donors (Lipinski definition) is 1.